The van der Waals surface area contributed by atoms with Crippen LogP contribution in [0.1, 0.15) is 59.7 Å². The predicted molar refractivity (Wildman–Crippen MR) is 176 cm³/mol. The third kappa shape index (κ3) is 7.78. The standard InChI is InChI=1S/C36H43FN2O9/c1-42-26-20-28(43-2)32-29(21-26)48-34(23-18-30(44-3)35(46-5)31(19-23)45-4)27(33(32)40)8-6-7-17-47-39-15-13-25(14-16-39)38-36(41)22-9-11-24(37)12-10-22/h9-12,18-21,25,33,40H,6-8,13-17H2,1-5H3,(H,38,41). The Bertz CT molecular complexity index is 1580. The van der Waals surface area contributed by atoms with Crippen molar-refractivity contribution in [1.82, 2.24) is 10.4 Å². The number of fused-ring (bicyclic) bond motifs is 1. The van der Waals surface area contributed by atoms with Crippen molar-refractivity contribution in [2.24, 2.45) is 0 Å². The average Bonchev–Trinajstić information content (AvgIpc) is 3.11. The molecule has 11 nitrogen and oxygen atoms in total. The molecule has 1 saturated heterocycles. The molecule has 1 atom stereocenters. The second kappa shape index (κ2) is 16.1. The van der Waals surface area contributed by atoms with E-state index >= 15 is 0 Å². The van der Waals surface area contributed by atoms with Crippen molar-refractivity contribution in [3.8, 4) is 34.5 Å². The first-order chi connectivity index (χ1) is 23.3. The van der Waals surface area contributed by atoms with E-state index in [0.29, 0.717) is 95.1 Å². The van der Waals surface area contributed by atoms with Crippen molar-refractivity contribution < 1.29 is 47.6 Å². The van der Waals surface area contributed by atoms with E-state index < -0.39 is 6.10 Å². The third-order valence-electron chi connectivity index (χ3n) is 8.58. The van der Waals surface area contributed by atoms with Gasteiger partial charge in [0.05, 0.1) is 47.7 Å². The summed E-state index contributed by atoms with van der Waals surface area (Å²) in [5, 5.41) is 16.7. The number of amides is 1. The number of rotatable bonds is 14. The van der Waals surface area contributed by atoms with Crippen LogP contribution in [0, 0.1) is 5.82 Å². The van der Waals surface area contributed by atoms with Gasteiger partial charge in [-0.05, 0) is 68.5 Å². The number of aliphatic hydroxyl groups is 1. The molecule has 2 N–H and O–H groups in total. The minimum Gasteiger partial charge on any atom is -0.496 e. The molecule has 0 bridgehead atoms. The van der Waals surface area contributed by atoms with E-state index in [-0.39, 0.29) is 17.8 Å². The molecular formula is C36H43FN2O9. The van der Waals surface area contributed by atoms with E-state index in [4.69, 9.17) is 33.3 Å². The highest BCUT2D eigenvalue weighted by Crippen LogP contribution is 2.50. The molecule has 5 rings (SSSR count). The highest BCUT2D eigenvalue weighted by atomic mass is 19.1. The van der Waals surface area contributed by atoms with Crippen molar-refractivity contribution in [2.45, 2.75) is 44.2 Å². The number of carbonyl (C=O) groups is 1. The SMILES string of the molecule is COc1cc(OC)c2c(c1)OC(c1cc(OC)c(OC)c(OC)c1)=C(CCCCON1CCC(NC(=O)c3ccc(F)cc3)CC1)C2O. The second-order valence-corrected chi connectivity index (χ2v) is 11.5. The van der Waals surface area contributed by atoms with E-state index in [2.05, 4.69) is 5.32 Å². The number of piperidine rings is 1. The number of benzene rings is 3. The third-order valence-corrected chi connectivity index (χ3v) is 8.58. The Kier molecular flexibility index (Phi) is 11.6. The molecule has 48 heavy (non-hydrogen) atoms. The molecule has 2 aliphatic rings. The minimum absolute atomic E-state index is 0.0237. The van der Waals surface area contributed by atoms with E-state index in [1.807, 2.05) is 5.06 Å². The average molecular weight is 667 g/mol. The Hall–Kier alpha value is -4.52. The number of ether oxygens (including phenoxy) is 6. The van der Waals surface area contributed by atoms with Crippen LogP contribution in [0.15, 0.2) is 54.1 Å². The number of nitrogens with zero attached hydrogens (tertiary/aromatic N) is 1. The van der Waals surface area contributed by atoms with Gasteiger partial charge in [-0.25, -0.2) is 4.39 Å². The Morgan fingerprint density at radius 2 is 1.56 bits per heavy atom. The molecule has 1 unspecified atom stereocenters. The zero-order chi connectivity index (χ0) is 34.2. The zero-order valence-electron chi connectivity index (χ0n) is 28.0. The van der Waals surface area contributed by atoms with Crippen LogP contribution in [0.5, 0.6) is 34.5 Å². The molecule has 3 aromatic rings. The van der Waals surface area contributed by atoms with Gasteiger partial charge >= 0.3 is 0 Å². The zero-order valence-corrected chi connectivity index (χ0v) is 28.0. The van der Waals surface area contributed by atoms with Gasteiger partial charge in [0.15, 0.2) is 11.5 Å². The smallest absolute Gasteiger partial charge is 0.251 e. The first kappa shape index (κ1) is 34.8. The molecular weight excluding hydrogens is 623 g/mol. The molecule has 1 amide bonds. The summed E-state index contributed by atoms with van der Waals surface area (Å²) in [5.41, 5.74) is 2.29. The summed E-state index contributed by atoms with van der Waals surface area (Å²) in [5.74, 6) is 2.67. The maximum atomic E-state index is 13.2. The van der Waals surface area contributed by atoms with Gasteiger partial charge in [0.25, 0.3) is 5.91 Å². The Labute approximate surface area is 280 Å². The van der Waals surface area contributed by atoms with Crippen LogP contribution in [0.3, 0.4) is 0 Å². The lowest BCUT2D eigenvalue weighted by Gasteiger charge is -2.31. The van der Waals surface area contributed by atoms with Crippen LogP contribution in [0.4, 0.5) is 4.39 Å². The molecule has 12 heteroatoms. The van der Waals surface area contributed by atoms with Gasteiger partial charge in [-0.1, -0.05) is 0 Å². The predicted octanol–water partition coefficient (Wildman–Crippen LogP) is 5.70. The Balaban J connectivity index is 1.24. The van der Waals surface area contributed by atoms with Gasteiger partial charge in [-0.3, -0.25) is 9.63 Å². The summed E-state index contributed by atoms with van der Waals surface area (Å²) in [4.78, 5) is 18.6. The lowest BCUT2D eigenvalue weighted by Crippen LogP contribution is -2.44. The molecule has 1 fully saturated rings. The van der Waals surface area contributed by atoms with Crippen LogP contribution in [0.25, 0.3) is 5.76 Å². The molecule has 0 radical (unpaired) electrons. The van der Waals surface area contributed by atoms with Crippen LogP contribution in [-0.4, -0.2) is 77.4 Å². The van der Waals surface area contributed by atoms with Gasteiger partial charge in [-0.2, -0.15) is 5.06 Å². The van der Waals surface area contributed by atoms with Crippen LogP contribution in [-0.2, 0) is 4.84 Å². The number of nitrogens with one attached hydrogen (secondary N) is 1. The molecule has 2 aliphatic heterocycles. The normalized spacial score (nSPS) is 16.5. The minimum atomic E-state index is -1.01. The van der Waals surface area contributed by atoms with E-state index in [9.17, 15) is 14.3 Å². The Morgan fingerprint density at radius 3 is 2.17 bits per heavy atom. The van der Waals surface area contributed by atoms with Crippen molar-refractivity contribution >= 4 is 11.7 Å². The first-order valence-corrected chi connectivity index (χ1v) is 15.9. The van der Waals surface area contributed by atoms with E-state index in [1.54, 1.807) is 59.8 Å². The monoisotopic (exact) mass is 666 g/mol. The number of aliphatic hydroxyl groups excluding tert-OH is 1. The quantitative estimate of drug-likeness (QED) is 0.208. The number of halogens is 1. The van der Waals surface area contributed by atoms with Crippen LogP contribution >= 0.6 is 0 Å². The fraction of sp³-hybridized carbons (Fsp3) is 0.417. The van der Waals surface area contributed by atoms with Crippen molar-refractivity contribution in [1.29, 1.82) is 0 Å². The number of hydrogen-bond donors (Lipinski definition) is 2. The summed E-state index contributed by atoms with van der Waals surface area (Å²) in [6.07, 6.45) is 2.44. The first-order valence-electron chi connectivity index (χ1n) is 15.9. The maximum absolute atomic E-state index is 13.2. The fourth-order valence-electron chi connectivity index (χ4n) is 6.01. The maximum Gasteiger partial charge on any atom is 0.251 e. The molecule has 258 valence electrons. The van der Waals surface area contributed by atoms with Gasteiger partial charge in [0, 0.05) is 48.0 Å². The van der Waals surface area contributed by atoms with Gasteiger partial charge in [0.1, 0.15) is 34.9 Å². The highest BCUT2D eigenvalue weighted by Gasteiger charge is 2.33. The second-order valence-electron chi connectivity index (χ2n) is 11.5. The number of carbonyl (C=O) groups excluding carboxylic acids is 1. The lowest BCUT2D eigenvalue weighted by molar-refractivity contribution is -0.171. The van der Waals surface area contributed by atoms with Gasteiger partial charge in [0.2, 0.25) is 5.75 Å². The lowest BCUT2D eigenvalue weighted by atomic mass is 9.90. The number of unbranched alkanes of at least 4 members (excludes halogenated alkanes) is 1. The van der Waals surface area contributed by atoms with Crippen molar-refractivity contribution in [3.05, 3.63) is 76.6 Å². The molecule has 0 saturated carbocycles. The topological polar surface area (TPSA) is 117 Å². The van der Waals surface area contributed by atoms with Gasteiger partial charge in [-0.15, -0.1) is 0 Å². The summed E-state index contributed by atoms with van der Waals surface area (Å²) in [6, 6.07) is 12.6. The summed E-state index contributed by atoms with van der Waals surface area (Å²) in [7, 11) is 7.73. The number of hydroxylamine groups is 2. The summed E-state index contributed by atoms with van der Waals surface area (Å²) >= 11 is 0. The molecule has 0 aliphatic carbocycles. The number of methoxy groups -OCH3 is 5. The van der Waals surface area contributed by atoms with Gasteiger partial charge < -0.3 is 38.8 Å². The molecule has 0 spiro atoms. The highest BCUT2D eigenvalue weighted by molar-refractivity contribution is 5.94. The van der Waals surface area contributed by atoms with Crippen molar-refractivity contribution in [2.75, 3.05) is 55.2 Å². The largest absolute Gasteiger partial charge is 0.496 e. The van der Waals surface area contributed by atoms with Crippen LogP contribution in [0.2, 0.25) is 0 Å². The van der Waals surface area contributed by atoms with E-state index in [0.717, 1.165) is 19.3 Å². The molecule has 2 heterocycles. The summed E-state index contributed by atoms with van der Waals surface area (Å²) < 4.78 is 47.5. The Morgan fingerprint density at radius 1 is 0.896 bits per heavy atom. The van der Waals surface area contributed by atoms with Crippen LogP contribution < -0.4 is 33.7 Å². The van der Waals surface area contributed by atoms with E-state index in [1.165, 1.54) is 24.3 Å². The molecule has 0 aromatic heterocycles. The summed E-state index contributed by atoms with van der Waals surface area (Å²) in [6.45, 7) is 1.85. The van der Waals surface area contributed by atoms with Crippen molar-refractivity contribution in [3.63, 3.8) is 0 Å². The number of hydrogen-bond acceptors (Lipinski definition) is 10. The molecule has 3 aromatic carbocycles. The fourth-order valence-corrected chi connectivity index (χ4v) is 6.01.